The Hall–Kier alpha value is -1.06. The molecule has 0 aromatic rings. The smallest absolute Gasteiger partial charge is 0.308 e. The number of likely N-dealkylation sites (tertiary alicyclic amines) is 1. The second kappa shape index (κ2) is 8.86. The van der Waals surface area contributed by atoms with Crippen molar-refractivity contribution in [2.45, 2.75) is 86.8 Å². The molecule has 0 radical (unpaired) electrons. The average Bonchev–Trinajstić information content (AvgIpc) is 3.26. The number of hydrogen-bond acceptors (Lipinski definition) is 5. The fraction of sp³-hybridized carbons (Fsp3) is 0.792. The number of alkyl halides is 1. The maximum absolute atomic E-state index is 14.4. The first kappa shape index (κ1) is 26.5. The lowest BCUT2D eigenvalue weighted by atomic mass is 9.70. The molecule has 3 unspecified atom stereocenters. The van der Waals surface area contributed by atoms with Gasteiger partial charge in [0.15, 0.2) is 0 Å². The number of amides is 2. The highest BCUT2D eigenvalue weighted by molar-refractivity contribution is 9.09. The molecule has 3 aliphatic rings. The molecule has 3 heterocycles. The van der Waals surface area contributed by atoms with E-state index in [0.29, 0.717) is 13.0 Å². The Balaban J connectivity index is 2.13. The number of carboxylic acid groups (broad SMARTS) is 1. The van der Waals surface area contributed by atoms with Crippen molar-refractivity contribution in [1.29, 1.82) is 0 Å². The van der Waals surface area contributed by atoms with E-state index < -0.39 is 40.2 Å². The largest absolute Gasteiger partial charge is 0.481 e. The zero-order valence-corrected chi connectivity index (χ0v) is 22.8. The number of carbonyl (C=O) groups excluding carboxylic acids is 2. The molecule has 186 valence electrons. The van der Waals surface area contributed by atoms with E-state index in [2.05, 4.69) is 43.3 Å². The second-order valence-corrected chi connectivity index (χ2v) is 14.3. The van der Waals surface area contributed by atoms with Crippen molar-refractivity contribution in [2.24, 2.45) is 17.3 Å². The average molecular weight is 546 g/mol. The first-order valence-electron chi connectivity index (χ1n) is 11.5. The van der Waals surface area contributed by atoms with E-state index in [4.69, 9.17) is 0 Å². The summed E-state index contributed by atoms with van der Waals surface area (Å²) in [5.41, 5.74) is -0.555. The Labute approximate surface area is 209 Å². The van der Waals surface area contributed by atoms with Gasteiger partial charge in [-0.05, 0) is 39.0 Å². The van der Waals surface area contributed by atoms with Crippen LogP contribution in [0.3, 0.4) is 0 Å². The summed E-state index contributed by atoms with van der Waals surface area (Å²) in [6.45, 7) is 16.0. The Morgan fingerprint density at radius 3 is 2.45 bits per heavy atom. The number of rotatable bonds is 8. The molecule has 0 saturated carbocycles. The highest BCUT2D eigenvalue weighted by atomic mass is 79.9. The summed E-state index contributed by atoms with van der Waals surface area (Å²) >= 11 is 5.13. The molecule has 2 amide bonds. The van der Waals surface area contributed by atoms with Crippen molar-refractivity contribution >= 4 is 45.5 Å². The Bertz CT molecular complexity index is 843. The molecule has 3 rings (SSSR count). The van der Waals surface area contributed by atoms with Crippen molar-refractivity contribution in [3.8, 4) is 0 Å². The van der Waals surface area contributed by atoms with Crippen LogP contribution in [0.2, 0.25) is 0 Å². The van der Waals surface area contributed by atoms with Crippen LogP contribution >= 0.6 is 27.7 Å². The Morgan fingerprint density at radius 2 is 1.97 bits per heavy atom. The maximum Gasteiger partial charge on any atom is 0.308 e. The summed E-state index contributed by atoms with van der Waals surface area (Å²) < 4.78 is -0.837. The van der Waals surface area contributed by atoms with Crippen molar-refractivity contribution in [2.75, 3.05) is 13.2 Å². The lowest BCUT2D eigenvalue weighted by Gasteiger charge is -2.46. The Morgan fingerprint density at radius 1 is 1.36 bits per heavy atom. The van der Waals surface area contributed by atoms with Crippen LogP contribution in [0.5, 0.6) is 0 Å². The third-order valence-corrected chi connectivity index (χ3v) is 10.5. The summed E-state index contributed by atoms with van der Waals surface area (Å²) in [6.07, 6.45) is 2.97. The number of carboxylic acids is 1. The van der Waals surface area contributed by atoms with Gasteiger partial charge in [-0.15, -0.1) is 18.3 Å². The van der Waals surface area contributed by atoms with Crippen molar-refractivity contribution in [3.63, 3.8) is 0 Å². The molecule has 0 aromatic carbocycles. The van der Waals surface area contributed by atoms with E-state index in [0.717, 1.165) is 6.42 Å². The molecule has 7 atom stereocenters. The molecule has 9 heteroatoms. The predicted molar refractivity (Wildman–Crippen MR) is 133 cm³/mol. The lowest BCUT2D eigenvalue weighted by molar-refractivity contribution is -0.150. The molecule has 3 fully saturated rings. The highest BCUT2D eigenvalue weighted by Gasteiger charge is 2.76. The molecule has 3 aliphatic heterocycles. The topological polar surface area (TPSA) is 98.2 Å². The molecule has 3 saturated heterocycles. The van der Waals surface area contributed by atoms with Gasteiger partial charge in [-0.2, -0.15) is 0 Å². The van der Waals surface area contributed by atoms with Gasteiger partial charge in [-0.3, -0.25) is 14.4 Å². The molecule has 7 nitrogen and oxygen atoms in total. The molecule has 1 spiro atoms. The molecule has 2 N–H and O–H groups in total. The number of thioether (sulfide) groups is 1. The van der Waals surface area contributed by atoms with Gasteiger partial charge in [0.2, 0.25) is 11.8 Å². The van der Waals surface area contributed by atoms with Crippen molar-refractivity contribution < 1.29 is 24.6 Å². The quantitative estimate of drug-likeness (QED) is 0.359. The van der Waals surface area contributed by atoms with Gasteiger partial charge in [0.1, 0.15) is 6.04 Å². The van der Waals surface area contributed by atoms with Crippen LogP contribution in [-0.4, -0.2) is 83.4 Å². The van der Waals surface area contributed by atoms with E-state index in [1.165, 1.54) is 16.7 Å². The summed E-state index contributed by atoms with van der Waals surface area (Å²) in [6, 6.07) is -1.43. The van der Waals surface area contributed by atoms with Crippen LogP contribution in [0.1, 0.15) is 54.4 Å². The fourth-order valence-electron chi connectivity index (χ4n) is 6.50. The van der Waals surface area contributed by atoms with Crippen LogP contribution in [0.4, 0.5) is 0 Å². The van der Waals surface area contributed by atoms with Crippen LogP contribution in [0.15, 0.2) is 12.7 Å². The lowest BCUT2D eigenvalue weighted by Crippen LogP contribution is -2.61. The van der Waals surface area contributed by atoms with Crippen LogP contribution in [0, 0.1) is 17.3 Å². The molecular formula is C24H37BrN2O5S. The number of aliphatic carboxylic acids is 1. The van der Waals surface area contributed by atoms with Crippen molar-refractivity contribution in [1.82, 2.24) is 9.80 Å². The van der Waals surface area contributed by atoms with E-state index in [9.17, 15) is 24.6 Å². The zero-order valence-electron chi connectivity index (χ0n) is 20.4. The summed E-state index contributed by atoms with van der Waals surface area (Å²) in [4.78, 5) is 43.5. The predicted octanol–water partition coefficient (Wildman–Crippen LogP) is 3.15. The maximum atomic E-state index is 14.4. The minimum Gasteiger partial charge on any atom is -0.481 e. The summed E-state index contributed by atoms with van der Waals surface area (Å²) in [7, 11) is 0. The van der Waals surface area contributed by atoms with E-state index in [1.54, 1.807) is 17.9 Å². The molecule has 0 aromatic heterocycles. The van der Waals surface area contributed by atoms with Gasteiger partial charge in [0, 0.05) is 22.2 Å². The zero-order chi connectivity index (χ0) is 25.1. The molecule has 33 heavy (non-hydrogen) atoms. The van der Waals surface area contributed by atoms with Gasteiger partial charge < -0.3 is 20.0 Å². The molecular weight excluding hydrogens is 508 g/mol. The van der Waals surface area contributed by atoms with Gasteiger partial charge in [0.25, 0.3) is 0 Å². The number of aliphatic hydroxyl groups excluding tert-OH is 1. The first-order valence-corrected chi connectivity index (χ1v) is 13.3. The van der Waals surface area contributed by atoms with Crippen LogP contribution in [-0.2, 0) is 14.4 Å². The van der Waals surface area contributed by atoms with Gasteiger partial charge in [0.05, 0.1) is 29.2 Å². The fourth-order valence-corrected chi connectivity index (χ4v) is 10.1. The van der Waals surface area contributed by atoms with E-state index >= 15 is 0 Å². The SMILES string of the molecule is C=CCN(C(=O)C1N([C@H](C)CO)C(=O)[C@@H]2[C@H](C(=O)O)[C@H]3SC12CC3Br)C(C)(C)CC(C)(C)C. The third kappa shape index (κ3) is 4.27. The second-order valence-electron chi connectivity index (χ2n) is 11.6. The monoisotopic (exact) mass is 544 g/mol. The number of fused-ring (bicyclic) bond motifs is 1. The molecule has 0 aliphatic carbocycles. The minimum absolute atomic E-state index is 0.0382. The Kier molecular flexibility index (Phi) is 7.13. The summed E-state index contributed by atoms with van der Waals surface area (Å²) in [5.74, 6) is -3.17. The standard InChI is InChI=1S/C24H37BrN2O5S/c1-8-9-26(23(6,7)12-22(3,4)5)20(30)18-24-10-14(25)17(33-24)15(21(31)32)16(24)19(29)27(18)13(2)11-28/h8,13-18,28H,1,9-12H2,2-7H3,(H,31,32)/t13-,14?,15+,16+,17+,18?,24?/m1/s1. The van der Waals surface area contributed by atoms with Gasteiger partial charge in [-0.1, -0.05) is 42.8 Å². The van der Waals surface area contributed by atoms with E-state index in [1.807, 2.05) is 13.8 Å². The van der Waals surface area contributed by atoms with Crippen LogP contribution < -0.4 is 0 Å². The number of nitrogens with zero attached hydrogens (tertiary/aromatic N) is 2. The van der Waals surface area contributed by atoms with Gasteiger partial charge >= 0.3 is 5.97 Å². The van der Waals surface area contributed by atoms with E-state index in [-0.39, 0.29) is 33.9 Å². The number of hydrogen-bond donors (Lipinski definition) is 2. The third-order valence-electron chi connectivity index (χ3n) is 7.26. The summed E-state index contributed by atoms with van der Waals surface area (Å²) in [5, 5.41) is 19.7. The number of carbonyl (C=O) groups is 3. The first-order chi connectivity index (χ1) is 15.1. The highest BCUT2D eigenvalue weighted by Crippen LogP contribution is 2.68. The minimum atomic E-state index is -1.00. The van der Waals surface area contributed by atoms with Crippen molar-refractivity contribution in [3.05, 3.63) is 12.7 Å². The number of halogens is 1. The van der Waals surface area contributed by atoms with Gasteiger partial charge in [-0.25, -0.2) is 0 Å². The normalized spacial score (nSPS) is 34.4. The van der Waals surface area contributed by atoms with Crippen LogP contribution in [0.25, 0.3) is 0 Å². The number of aliphatic hydroxyl groups is 1. The molecule has 2 bridgehead atoms.